The molecule has 3 amide bonds. The third kappa shape index (κ3) is 6.35. The van der Waals surface area contributed by atoms with E-state index in [9.17, 15) is 9.59 Å². The molecule has 0 bridgehead atoms. The standard InChI is InChI=1S/C32H42N4O4.ClH/c1-39-28-9-7-25(8-10-28)21-35-16-13-32(30(35)37)11-14-33(15-12-32)22-27-23-36(31(38)34-17-19-40-20-18-34)24-29(27)26-5-3-2-4-6-26;/h2-10,27,29H,11-24H2,1H3;1H/t27-,29+;/m0./s1. The van der Waals surface area contributed by atoms with E-state index in [2.05, 4.69) is 57.2 Å². The SMILES string of the molecule is COc1ccc(CN2CCC3(CCN(C[C@H]4CN(C(=O)N5CCOCC5)C[C@@H]4c4ccccc4)CC3)C2=O)cc1.Cl. The molecular weight excluding hydrogens is 540 g/mol. The fourth-order valence-electron chi connectivity index (χ4n) is 7.20. The Morgan fingerprint density at radius 2 is 1.59 bits per heavy atom. The number of benzene rings is 2. The highest BCUT2D eigenvalue weighted by Gasteiger charge is 2.48. The molecular formula is C32H43ClN4O4. The molecule has 8 nitrogen and oxygen atoms in total. The van der Waals surface area contributed by atoms with Gasteiger partial charge >= 0.3 is 6.03 Å². The summed E-state index contributed by atoms with van der Waals surface area (Å²) in [6, 6.07) is 18.9. The third-order valence-electron chi connectivity index (χ3n) is 9.66. The molecule has 1 spiro atoms. The number of hydrogen-bond acceptors (Lipinski definition) is 5. The van der Waals surface area contributed by atoms with E-state index in [-0.39, 0.29) is 23.9 Å². The summed E-state index contributed by atoms with van der Waals surface area (Å²) in [6.45, 7) is 8.49. The monoisotopic (exact) mass is 582 g/mol. The lowest BCUT2D eigenvalue weighted by atomic mass is 9.76. The van der Waals surface area contributed by atoms with Crippen molar-refractivity contribution in [1.29, 1.82) is 0 Å². The maximum Gasteiger partial charge on any atom is 0.320 e. The summed E-state index contributed by atoms with van der Waals surface area (Å²) in [5, 5.41) is 0. The molecule has 4 aliphatic rings. The topological polar surface area (TPSA) is 65.6 Å². The van der Waals surface area contributed by atoms with Crippen molar-refractivity contribution in [2.45, 2.75) is 31.7 Å². The number of carbonyl (C=O) groups is 2. The van der Waals surface area contributed by atoms with Crippen LogP contribution < -0.4 is 4.74 Å². The van der Waals surface area contributed by atoms with Crippen molar-refractivity contribution in [3.63, 3.8) is 0 Å². The minimum atomic E-state index is -0.212. The Kier molecular flexibility index (Phi) is 9.42. The van der Waals surface area contributed by atoms with Crippen LogP contribution in [0.1, 0.15) is 36.3 Å². The van der Waals surface area contributed by atoms with Gasteiger partial charge in [-0.3, -0.25) is 4.79 Å². The van der Waals surface area contributed by atoms with Crippen LogP contribution in [0.2, 0.25) is 0 Å². The lowest BCUT2D eigenvalue weighted by molar-refractivity contribution is -0.139. The molecule has 222 valence electrons. The van der Waals surface area contributed by atoms with Gasteiger partial charge in [0, 0.05) is 51.7 Å². The van der Waals surface area contributed by atoms with Gasteiger partial charge in [0.05, 0.1) is 25.7 Å². The number of hydrogen-bond donors (Lipinski definition) is 0. The van der Waals surface area contributed by atoms with Gasteiger partial charge in [-0.05, 0) is 61.5 Å². The first-order valence-electron chi connectivity index (χ1n) is 14.9. The van der Waals surface area contributed by atoms with Gasteiger partial charge in [0.2, 0.25) is 5.91 Å². The molecule has 2 atom stereocenters. The van der Waals surface area contributed by atoms with Crippen molar-refractivity contribution < 1.29 is 19.1 Å². The summed E-state index contributed by atoms with van der Waals surface area (Å²) in [4.78, 5) is 35.6. The van der Waals surface area contributed by atoms with Crippen molar-refractivity contribution >= 4 is 24.3 Å². The Balaban J connectivity index is 0.00000337. The molecule has 2 aromatic carbocycles. The first-order valence-corrected chi connectivity index (χ1v) is 14.9. The summed E-state index contributed by atoms with van der Waals surface area (Å²) in [6.07, 6.45) is 2.79. The van der Waals surface area contributed by atoms with E-state index in [1.54, 1.807) is 7.11 Å². The summed E-state index contributed by atoms with van der Waals surface area (Å²) in [5.41, 5.74) is 2.25. The highest BCUT2D eigenvalue weighted by Crippen LogP contribution is 2.43. The van der Waals surface area contributed by atoms with E-state index in [1.165, 1.54) is 5.56 Å². The molecule has 6 rings (SSSR count). The predicted molar refractivity (Wildman–Crippen MR) is 160 cm³/mol. The minimum Gasteiger partial charge on any atom is -0.497 e. The maximum absolute atomic E-state index is 13.6. The molecule has 9 heteroatoms. The second kappa shape index (κ2) is 13.0. The fourth-order valence-corrected chi connectivity index (χ4v) is 7.20. The largest absolute Gasteiger partial charge is 0.497 e. The lowest BCUT2D eigenvalue weighted by Crippen LogP contribution is -2.48. The number of piperidine rings is 1. The molecule has 0 unspecified atom stereocenters. The molecule has 41 heavy (non-hydrogen) atoms. The van der Waals surface area contributed by atoms with Gasteiger partial charge in [-0.15, -0.1) is 12.4 Å². The smallest absolute Gasteiger partial charge is 0.320 e. The Bertz CT molecular complexity index is 1170. The predicted octanol–water partition coefficient (Wildman–Crippen LogP) is 4.10. The van der Waals surface area contributed by atoms with Gasteiger partial charge in [0.25, 0.3) is 0 Å². The van der Waals surface area contributed by atoms with Crippen molar-refractivity contribution in [2.24, 2.45) is 11.3 Å². The molecule has 4 saturated heterocycles. The van der Waals surface area contributed by atoms with E-state index < -0.39 is 0 Å². The molecule has 4 aliphatic heterocycles. The molecule has 2 aromatic rings. The fraction of sp³-hybridized carbons (Fsp3) is 0.562. The Labute approximate surface area is 250 Å². The van der Waals surface area contributed by atoms with Crippen molar-refractivity contribution in [3.05, 3.63) is 65.7 Å². The van der Waals surface area contributed by atoms with Gasteiger partial charge in [0.1, 0.15) is 5.75 Å². The number of likely N-dealkylation sites (tertiary alicyclic amines) is 3. The molecule has 0 aliphatic carbocycles. The first-order chi connectivity index (χ1) is 19.5. The average Bonchev–Trinajstić information content (AvgIpc) is 3.56. The number of rotatable bonds is 6. The van der Waals surface area contributed by atoms with Crippen LogP contribution >= 0.6 is 12.4 Å². The van der Waals surface area contributed by atoms with Crippen molar-refractivity contribution in [1.82, 2.24) is 19.6 Å². The second-order valence-electron chi connectivity index (χ2n) is 12.0. The number of halogens is 1. The number of urea groups is 1. The van der Waals surface area contributed by atoms with E-state index in [0.29, 0.717) is 50.6 Å². The van der Waals surface area contributed by atoms with Crippen LogP contribution in [-0.4, -0.2) is 104 Å². The van der Waals surface area contributed by atoms with E-state index >= 15 is 0 Å². The number of amides is 3. The summed E-state index contributed by atoms with van der Waals surface area (Å²) < 4.78 is 10.7. The summed E-state index contributed by atoms with van der Waals surface area (Å²) >= 11 is 0. The van der Waals surface area contributed by atoms with E-state index in [0.717, 1.165) is 69.8 Å². The molecule has 4 fully saturated rings. The third-order valence-corrected chi connectivity index (χ3v) is 9.66. The molecule has 0 aromatic heterocycles. The number of methoxy groups -OCH3 is 1. The van der Waals surface area contributed by atoms with Crippen LogP contribution in [0.3, 0.4) is 0 Å². The van der Waals surface area contributed by atoms with Gasteiger partial charge in [0.15, 0.2) is 0 Å². The summed E-state index contributed by atoms with van der Waals surface area (Å²) in [5.74, 6) is 1.88. The van der Waals surface area contributed by atoms with Crippen LogP contribution in [0, 0.1) is 11.3 Å². The Morgan fingerprint density at radius 3 is 2.27 bits per heavy atom. The number of morpholine rings is 1. The lowest BCUT2D eigenvalue weighted by Gasteiger charge is -2.39. The van der Waals surface area contributed by atoms with Gasteiger partial charge < -0.3 is 29.1 Å². The zero-order valence-corrected chi connectivity index (χ0v) is 24.9. The van der Waals surface area contributed by atoms with E-state index in [1.807, 2.05) is 17.0 Å². The van der Waals surface area contributed by atoms with Crippen LogP contribution in [0.5, 0.6) is 5.75 Å². The number of nitrogens with zero attached hydrogens (tertiary/aromatic N) is 4. The van der Waals surface area contributed by atoms with Crippen molar-refractivity contribution in [3.8, 4) is 5.75 Å². The zero-order valence-electron chi connectivity index (χ0n) is 24.1. The van der Waals surface area contributed by atoms with Crippen LogP contribution in [0.25, 0.3) is 0 Å². The minimum absolute atomic E-state index is 0. The first kappa shape index (κ1) is 29.7. The van der Waals surface area contributed by atoms with Crippen LogP contribution in [0.4, 0.5) is 4.79 Å². The maximum atomic E-state index is 13.6. The van der Waals surface area contributed by atoms with Gasteiger partial charge in [-0.1, -0.05) is 42.5 Å². The normalized spacial score (nSPS) is 24.5. The van der Waals surface area contributed by atoms with E-state index in [4.69, 9.17) is 9.47 Å². The molecule has 4 heterocycles. The highest BCUT2D eigenvalue weighted by atomic mass is 35.5. The Hall–Kier alpha value is -2.81. The molecule has 0 N–H and O–H groups in total. The van der Waals surface area contributed by atoms with Crippen LogP contribution in [0.15, 0.2) is 54.6 Å². The van der Waals surface area contributed by atoms with Gasteiger partial charge in [-0.25, -0.2) is 4.79 Å². The van der Waals surface area contributed by atoms with Gasteiger partial charge in [-0.2, -0.15) is 0 Å². The molecule has 0 radical (unpaired) electrons. The average molecular weight is 583 g/mol. The quantitative estimate of drug-likeness (QED) is 0.513. The summed E-state index contributed by atoms with van der Waals surface area (Å²) in [7, 11) is 1.67. The van der Waals surface area contributed by atoms with Crippen molar-refractivity contribution in [2.75, 3.05) is 72.7 Å². The second-order valence-corrected chi connectivity index (χ2v) is 12.0. The van der Waals surface area contributed by atoms with Crippen LogP contribution in [-0.2, 0) is 16.1 Å². The zero-order chi connectivity index (χ0) is 27.5. The number of ether oxygens (including phenoxy) is 2. The molecule has 0 saturated carbocycles. The number of carbonyl (C=O) groups excluding carboxylic acids is 2. The Morgan fingerprint density at radius 1 is 0.902 bits per heavy atom. The highest BCUT2D eigenvalue weighted by molar-refractivity contribution is 5.85.